The molecule has 2 aromatic carbocycles. The quantitative estimate of drug-likeness (QED) is 0.706. The van der Waals surface area contributed by atoms with Gasteiger partial charge in [0.1, 0.15) is 0 Å². The Morgan fingerprint density at radius 2 is 1.89 bits per heavy atom. The summed E-state index contributed by atoms with van der Waals surface area (Å²) in [4.78, 5) is 15.9. The molecule has 1 aromatic heterocycles. The Hall–Kier alpha value is -2.44. The number of sulfonamides is 1. The number of hydrogen-bond donors (Lipinski definition) is 2. The molecule has 0 bridgehead atoms. The average molecular weight is 382 g/mol. The predicted octanol–water partition coefficient (Wildman–Crippen LogP) is 3.73. The summed E-state index contributed by atoms with van der Waals surface area (Å²) in [7, 11) is -3.66. The molecule has 0 spiro atoms. The van der Waals surface area contributed by atoms with E-state index in [0.717, 1.165) is 40.6 Å². The maximum absolute atomic E-state index is 12.9. The lowest BCUT2D eigenvalue weighted by atomic mass is 9.94. The maximum Gasteiger partial charge on any atom is 0.241 e. The highest BCUT2D eigenvalue weighted by molar-refractivity contribution is 7.89. The minimum absolute atomic E-state index is 0.141. The van der Waals surface area contributed by atoms with Crippen LogP contribution < -0.4 is 4.72 Å². The Morgan fingerprint density at radius 3 is 2.63 bits per heavy atom. The number of rotatable bonds is 5. The van der Waals surface area contributed by atoms with Crippen molar-refractivity contribution >= 4 is 26.7 Å². The number of fused-ring (bicyclic) bond motifs is 3. The fourth-order valence-electron chi connectivity index (χ4n) is 3.76. The topological polar surface area (TPSA) is 79.0 Å². The SMILES string of the molecule is CCc1cc2c3c([nH]c2cc1S(=O)(=O)NCc1ccccc1)CCCC3=O. The van der Waals surface area contributed by atoms with Crippen LogP contribution in [0.2, 0.25) is 0 Å². The normalized spacial score (nSPS) is 14.5. The number of nitrogens with one attached hydrogen (secondary N) is 2. The third-order valence-corrected chi connectivity index (χ3v) is 6.63. The zero-order chi connectivity index (χ0) is 19.0. The van der Waals surface area contributed by atoms with Crippen LogP contribution in [0.1, 0.15) is 46.9 Å². The van der Waals surface area contributed by atoms with Gasteiger partial charge in [-0.3, -0.25) is 4.79 Å². The monoisotopic (exact) mass is 382 g/mol. The Kier molecular flexibility index (Phi) is 4.61. The molecule has 1 aliphatic carbocycles. The van der Waals surface area contributed by atoms with Crippen LogP contribution in [0, 0.1) is 0 Å². The smallest absolute Gasteiger partial charge is 0.241 e. The van der Waals surface area contributed by atoms with Gasteiger partial charge in [-0.25, -0.2) is 13.1 Å². The van der Waals surface area contributed by atoms with E-state index in [4.69, 9.17) is 0 Å². The van der Waals surface area contributed by atoms with Crippen LogP contribution in [0.25, 0.3) is 10.9 Å². The zero-order valence-electron chi connectivity index (χ0n) is 15.2. The highest BCUT2D eigenvalue weighted by atomic mass is 32.2. The highest BCUT2D eigenvalue weighted by Crippen LogP contribution is 2.32. The minimum Gasteiger partial charge on any atom is -0.358 e. The second-order valence-electron chi connectivity index (χ2n) is 6.92. The van der Waals surface area contributed by atoms with Crippen molar-refractivity contribution in [3.8, 4) is 0 Å². The summed E-state index contributed by atoms with van der Waals surface area (Å²) >= 11 is 0. The van der Waals surface area contributed by atoms with Gasteiger partial charge >= 0.3 is 0 Å². The molecule has 0 saturated carbocycles. The molecule has 3 aromatic rings. The number of H-pyrrole nitrogens is 1. The number of aromatic nitrogens is 1. The largest absolute Gasteiger partial charge is 0.358 e. The van der Waals surface area contributed by atoms with E-state index in [1.165, 1.54) is 0 Å². The Labute approximate surface area is 158 Å². The fraction of sp³-hybridized carbons (Fsp3) is 0.286. The number of aromatic amines is 1. The van der Waals surface area contributed by atoms with E-state index in [-0.39, 0.29) is 17.2 Å². The van der Waals surface area contributed by atoms with Gasteiger partial charge in [0.15, 0.2) is 5.78 Å². The van der Waals surface area contributed by atoms with E-state index in [1.807, 2.05) is 43.3 Å². The Morgan fingerprint density at radius 1 is 1.11 bits per heavy atom. The first-order chi connectivity index (χ1) is 13.0. The van der Waals surface area contributed by atoms with Gasteiger partial charge < -0.3 is 4.98 Å². The lowest BCUT2D eigenvalue weighted by molar-refractivity contribution is 0.0974. The number of Topliss-reactive ketones (excluding diaryl/α,β-unsaturated/α-hetero) is 1. The highest BCUT2D eigenvalue weighted by Gasteiger charge is 2.25. The molecule has 1 heterocycles. The fourth-order valence-corrected chi connectivity index (χ4v) is 5.09. The third kappa shape index (κ3) is 3.31. The third-order valence-electron chi connectivity index (χ3n) is 5.15. The summed E-state index contributed by atoms with van der Waals surface area (Å²) in [6.45, 7) is 2.17. The van der Waals surface area contributed by atoms with Gasteiger partial charge in [0.2, 0.25) is 10.0 Å². The van der Waals surface area contributed by atoms with Crippen molar-refractivity contribution in [2.45, 2.75) is 44.0 Å². The first kappa shape index (κ1) is 17.9. The summed E-state index contributed by atoms with van der Waals surface area (Å²) in [6, 6.07) is 13.0. The van der Waals surface area contributed by atoms with E-state index in [1.54, 1.807) is 6.07 Å². The number of carbonyl (C=O) groups is 1. The number of carbonyl (C=O) groups excluding carboxylic acids is 1. The van der Waals surface area contributed by atoms with E-state index in [0.29, 0.717) is 18.4 Å². The summed E-state index contributed by atoms with van der Waals surface area (Å²) in [5, 5.41) is 0.841. The molecule has 0 aliphatic heterocycles. The molecule has 0 radical (unpaired) electrons. The Bertz CT molecular complexity index is 1120. The summed E-state index contributed by atoms with van der Waals surface area (Å²) in [6.07, 6.45) is 2.79. The Balaban J connectivity index is 1.75. The van der Waals surface area contributed by atoms with Gasteiger partial charge in [0, 0.05) is 35.1 Å². The number of aryl methyl sites for hydroxylation is 2. The van der Waals surface area contributed by atoms with Crippen LogP contribution in [0.5, 0.6) is 0 Å². The average Bonchev–Trinajstić information content (AvgIpc) is 3.05. The summed E-state index contributed by atoms with van der Waals surface area (Å²) in [5.41, 5.74) is 4.01. The van der Waals surface area contributed by atoms with Gasteiger partial charge in [0.05, 0.1) is 4.90 Å². The van der Waals surface area contributed by atoms with E-state index in [2.05, 4.69) is 9.71 Å². The van der Waals surface area contributed by atoms with Crippen molar-refractivity contribution < 1.29 is 13.2 Å². The molecule has 4 rings (SSSR count). The second-order valence-corrected chi connectivity index (χ2v) is 8.66. The lowest BCUT2D eigenvalue weighted by Crippen LogP contribution is -2.24. The minimum atomic E-state index is -3.66. The molecule has 0 amide bonds. The predicted molar refractivity (Wildman–Crippen MR) is 105 cm³/mol. The van der Waals surface area contributed by atoms with E-state index >= 15 is 0 Å². The molecule has 0 saturated heterocycles. The molecule has 140 valence electrons. The zero-order valence-corrected chi connectivity index (χ0v) is 16.0. The van der Waals surface area contributed by atoms with Gasteiger partial charge in [-0.2, -0.15) is 0 Å². The van der Waals surface area contributed by atoms with Crippen molar-refractivity contribution in [3.05, 3.63) is 64.8 Å². The summed E-state index contributed by atoms with van der Waals surface area (Å²) < 4.78 is 28.6. The van der Waals surface area contributed by atoms with Crippen LogP contribution >= 0.6 is 0 Å². The van der Waals surface area contributed by atoms with Crippen molar-refractivity contribution in [3.63, 3.8) is 0 Å². The van der Waals surface area contributed by atoms with E-state index in [9.17, 15) is 13.2 Å². The lowest BCUT2D eigenvalue weighted by Gasteiger charge is -2.12. The van der Waals surface area contributed by atoms with Crippen LogP contribution in [0.15, 0.2) is 47.4 Å². The number of benzene rings is 2. The first-order valence-corrected chi connectivity index (χ1v) is 10.7. The van der Waals surface area contributed by atoms with E-state index < -0.39 is 10.0 Å². The van der Waals surface area contributed by atoms with Gasteiger partial charge in [-0.05, 0) is 42.5 Å². The van der Waals surface area contributed by atoms with Crippen LogP contribution in [-0.2, 0) is 29.4 Å². The van der Waals surface area contributed by atoms with Crippen molar-refractivity contribution in [2.75, 3.05) is 0 Å². The van der Waals surface area contributed by atoms with Crippen LogP contribution in [0.4, 0.5) is 0 Å². The molecule has 2 N–H and O–H groups in total. The molecular formula is C21H22N2O3S. The van der Waals surface area contributed by atoms with Gasteiger partial charge in [-0.15, -0.1) is 0 Å². The number of hydrogen-bond acceptors (Lipinski definition) is 3. The molecule has 5 nitrogen and oxygen atoms in total. The molecule has 0 atom stereocenters. The van der Waals surface area contributed by atoms with Crippen LogP contribution in [-0.4, -0.2) is 19.2 Å². The maximum atomic E-state index is 12.9. The molecule has 0 fully saturated rings. The molecule has 6 heteroatoms. The molecule has 27 heavy (non-hydrogen) atoms. The van der Waals surface area contributed by atoms with Gasteiger partial charge in [-0.1, -0.05) is 37.3 Å². The van der Waals surface area contributed by atoms with Crippen molar-refractivity contribution in [2.24, 2.45) is 0 Å². The second kappa shape index (κ2) is 6.94. The van der Waals surface area contributed by atoms with Crippen molar-refractivity contribution in [1.29, 1.82) is 0 Å². The molecular weight excluding hydrogens is 360 g/mol. The standard InChI is InChI=1S/C21H22N2O3S/c1-2-15-11-16-18(23-17-9-6-10-19(24)21(16)17)12-20(15)27(25,26)22-13-14-7-4-3-5-8-14/h3-5,7-8,11-12,22-23H,2,6,9-10,13H2,1H3. The number of ketones is 1. The van der Waals surface area contributed by atoms with Crippen LogP contribution in [0.3, 0.4) is 0 Å². The van der Waals surface area contributed by atoms with Crippen molar-refractivity contribution in [1.82, 2.24) is 9.71 Å². The van der Waals surface area contributed by atoms with Gasteiger partial charge in [0.25, 0.3) is 0 Å². The molecule has 0 unspecified atom stereocenters. The summed E-state index contributed by atoms with van der Waals surface area (Å²) in [5.74, 6) is 0.141. The first-order valence-electron chi connectivity index (χ1n) is 9.24. The molecule has 1 aliphatic rings.